The summed E-state index contributed by atoms with van der Waals surface area (Å²) in [4.78, 5) is 7.73. The van der Waals surface area contributed by atoms with Crippen molar-refractivity contribution in [3.8, 4) is 6.07 Å². The third-order valence-corrected chi connectivity index (χ3v) is 7.35. The molecule has 2 aromatic rings. The molecular weight excluding hydrogens is 396 g/mol. The summed E-state index contributed by atoms with van der Waals surface area (Å²) in [5.41, 5.74) is 4.59. The molecule has 3 heterocycles. The zero-order valence-corrected chi connectivity index (χ0v) is 19.0. The lowest BCUT2D eigenvalue weighted by Gasteiger charge is -2.55. The van der Waals surface area contributed by atoms with Gasteiger partial charge in [0.2, 0.25) is 0 Å². The Balaban J connectivity index is 1.36. The average molecular weight is 429 g/mol. The molecule has 3 aliphatic heterocycles. The number of nitrogens with zero attached hydrogens (tertiary/aromatic N) is 4. The van der Waals surface area contributed by atoms with Crippen LogP contribution in [0.4, 0.5) is 5.69 Å². The molecule has 0 aliphatic carbocycles. The largest absolute Gasteiger partial charge is 0.496 e. The van der Waals surface area contributed by atoms with Gasteiger partial charge in [-0.15, -0.1) is 0 Å². The van der Waals surface area contributed by atoms with Crippen molar-refractivity contribution in [2.75, 3.05) is 44.2 Å². The van der Waals surface area contributed by atoms with Gasteiger partial charge in [0.15, 0.2) is 0 Å². The lowest BCUT2D eigenvalue weighted by atomic mass is 9.81. The first kappa shape index (κ1) is 21.1. The minimum absolute atomic E-state index is 0.105. The second-order valence-corrected chi connectivity index (χ2v) is 9.22. The van der Waals surface area contributed by atoms with Gasteiger partial charge in [-0.25, -0.2) is 0 Å². The maximum absolute atomic E-state index is 9.41. The van der Waals surface area contributed by atoms with E-state index in [0.717, 1.165) is 76.6 Å². The van der Waals surface area contributed by atoms with Gasteiger partial charge in [0, 0.05) is 63.3 Å². The number of hydrogen-bond donors (Lipinski definition) is 0. The van der Waals surface area contributed by atoms with Crippen LogP contribution in [-0.4, -0.2) is 54.7 Å². The van der Waals surface area contributed by atoms with Gasteiger partial charge >= 0.3 is 0 Å². The Bertz CT molecular complexity index is 1020. The van der Waals surface area contributed by atoms with Crippen LogP contribution in [0.15, 0.2) is 66.1 Å². The highest BCUT2D eigenvalue weighted by atomic mass is 16.5. The van der Waals surface area contributed by atoms with Gasteiger partial charge in [-0.05, 0) is 30.2 Å². The van der Waals surface area contributed by atoms with E-state index in [1.165, 1.54) is 11.3 Å². The zero-order valence-electron chi connectivity index (χ0n) is 19.0. The molecule has 0 radical (unpaired) electrons. The molecule has 0 spiro atoms. The zero-order chi connectivity index (χ0) is 22.0. The van der Waals surface area contributed by atoms with Crippen LogP contribution in [0.3, 0.4) is 0 Å². The number of benzene rings is 2. The summed E-state index contributed by atoms with van der Waals surface area (Å²) < 4.78 is 6.21. The SMILES string of the molecule is CCC1=C2CC(N3CCN(Cc4ccccc4)CC3)(CCO2)CN1c1cccc(C#N)c1. The normalized spacial score (nSPS) is 24.2. The van der Waals surface area contributed by atoms with Crippen LogP contribution in [0.1, 0.15) is 37.3 Å². The number of anilines is 1. The Morgan fingerprint density at radius 2 is 1.84 bits per heavy atom. The fraction of sp³-hybridized carbons (Fsp3) is 0.444. The Hall–Kier alpha value is -2.81. The van der Waals surface area contributed by atoms with Crippen LogP contribution in [0, 0.1) is 11.3 Å². The van der Waals surface area contributed by atoms with Crippen molar-refractivity contribution in [3.05, 3.63) is 77.2 Å². The average Bonchev–Trinajstić information content (AvgIpc) is 2.85. The minimum atomic E-state index is 0.105. The predicted octanol–water partition coefficient (Wildman–Crippen LogP) is 4.37. The van der Waals surface area contributed by atoms with Gasteiger partial charge in [0.05, 0.1) is 23.9 Å². The van der Waals surface area contributed by atoms with Crippen molar-refractivity contribution >= 4 is 5.69 Å². The Kier molecular flexibility index (Phi) is 5.91. The monoisotopic (exact) mass is 428 g/mol. The Morgan fingerprint density at radius 3 is 2.59 bits per heavy atom. The van der Waals surface area contributed by atoms with E-state index in [1.54, 1.807) is 0 Å². The minimum Gasteiger partial charge on any atom is -0.496 e. The highest BCUT2D eigenvalue weighted by Crippen LogP contribution is 2.43. The molecule has 0 saturated carbocycles. The van der Waals surface area contributed by atoms with Gasteiger partial charge in [-0.1, -0.05) is 43.3 Å². The number of ether oxygens (including phenoxy) is 1. The summed E-state index contributed by atoms with van der Waals surface area (Å²) >= 11 is 0. The standard InChI is InChI=1S/C27H32N4O/c1-2-25-26-18-27(11-16-32-26,21-31(25)24-10-6-9-23(17-24)19-28)30-14-12-29(13-15-30)20-22-7-4-3-5-8-22/h3-10,17H,2,11-16,18,20-21H2,1H3. The van der Waals surface area contributed by atoms with E-state index in [0.29, 0.717) is 5.56 Å². The van der Waals surface area contributed by atoms with E-state index in [4.69, 9.17) is 4.74 Å². The number of rotatable bonds is 5. The molecule has 0 N–H and O–H groups in total. The molecule has 2 fully saturated rings. The molecule has 0 amide bonds. The van der Waals surface area contributed by atoms with Gasteiger partial charge in [-0.2, -0.15) is 5.26 Å². The molecule has 5 rings (SSSR count). The molecule has 5 heteroatoms. The van der Waals surface area contributed by atoms with E-state index in [2.05, 4.69) is 64.1 Å². The second-order valence-electron chi connectivity index (χ2n) is 9.22. The van der Waals surface area contributed by atoms with Crippen LogP contribution in [-0.2, 0) is 11.3 Å². The third kappa shape index (κ3) is 4.01. The number of fused-ring (bicyclic) bond motifs is 2. The van der Waals surface area contributed by atoms with E-state index in [-0.39, 0.29) is 5.54 Å². The van der Waals surface area contributed by atoms with Crippen LogP contribution in [0.2, 0.25) is 0 Å². The highest BCUT2D eigenvalue weighted by Gasteiger charge is 2.47. The molecule has 1 atom stereocenters. The number of hydrogen-bond acceptors (Lipinski definition) is 5. The lowest BCUT2D eigenvalue weighted by Crippen LogP contribution is -2.64. The van der Waals surface area contributed by atoms with Crippen molar-refractivity contribution in [1.82, 2.24) is 9.80 Å². The van der Waals surface area contributed by atoms with Gasteiger partial charge in [-0.3, -0.25) is 9.80 Å². The fourth-order valence-corrected chi connectivity index (χ4v) is 5.63. The predicted molar refractivity (Wildman–Crippen MR) is 127 cm³/mol. The first-order chi connectivity index (χ1) is 15.7. The van der Waals surface area contributed by atoms with Crippen molar-refractivity contribution in [1.29, 1.82) is 5.26 Å². The summed E-state index contributed by atoms with van der Waals surface area (Å²) in [5.74, 6) is 1.15. The highest BCUT2D eigenvalue weighted by molar-refractivity contribution is 5.58. The summed E-state index contributed by atoms with van der Waals surface area (Å²) in [6, 6.07) is 21.1. The van der Waals surface area contributed by atoms with Crippen molar-refractivity contribution in [2.45, 2.75) is 38.3 Å². The third-order valence-electron chi connectivity index (χ3n) is 7.35. The molecule has 2 saturated heterocycles. The number of piperazine rings is 1. The van der Waals surface area contributed by atoms with E-state index in [1.807, 2.05) is 18.2 Å². The lowest BCUT2D eigenvalue weighted by molar-refractivity contribution is -0.0249. The summed E-state index contributed by atoms with van der Waals surface area (Å²) in [6.07, 6.45) is 3.00. The fourth-order valence-electron chi connectivity index (χ4n) is 5.63. The van der Waals surface area contributed by atoms with E-state index >= 15 is 0 Å². The molecule has 166 valence electrons. The molecule has 32 heavy (non-hydrogen) atoms. The Morgan fingerprint density at radius 1 is 1.03 bits per heavy atom. The van der Waals surface area contributed by atoms with Gasteiger partial charge in [0.25, 0.3) is 0 Å². The first-order valence-corrected chi connectivity index (χ1v) is 11.8. The molecule has 3 aliphatic rings. The maximum Gasteiger partial charge on any atom is 0.117 e. The molecule has 0 aromatic heterocycles. The second kappa shape index (κ2) is 8.97. The summed E-state index contributed by atoms with van der Waals surface area (Å²) in [6.45, 7) is 9.38. The summed E-state index contributed by atoms with van der Waals surface area (Å²) in [7, 11) is 0. The molecule has 2 aromatic carbocycles. The molecule has 2 bridgehead atoms. The van der Waals surface area contributed by atoms with Crippen molar-refractivity contribution in [2.24, 2.45) is 0 Å². The summed E-state index contributed by atoms with van der Waals surface area (Å²) in [5, 5.41) is 9.41. The van der Waals surface area contributed by atoms with Crippen LogP contribution >= 0.6 is 0 Å². The van der Waals surface area contributed by atoms with E-state index in [9.17, 15) is 5.26 Å². The van der Waals surface area contributed by atoms with Crippen molar-refractivity contribution < 1.29 is 4.74 Å². The topological polar surface area (TPSA) is 42.7 Å². The van der Waals surface area contributed by atoms with Crippen LogP contribution in [0.5, 0.6) is 0 Å². The van der Waals surface area contributed by atoms with E-state index < -0.39 is 0 Å². The van der Waals surface area contributed by atoms with Crippen LogP contribution in [0.25, 0.3) is 0 Å². The van der Waals surface area contributed by atoms with Gasteiger partial charge < -0.3 is 9.64 Å². The Labute approximate surface area is 191 Å². The van der Waals surface area contributed by atoms with Crippen LogP contribution < -0.4 is 4.90 Å². The molecule has 5 nitrogen and oxygen atoms in total. The van der Waals surface area contributed by atoms with Gasteiger partial charge in [0.1, 0.15) is 5.76 Å². The first-order valence-electron chi connectivity index (χ1n) is 11.8. The maximum atomic E-state index is 9.41. The molecular formula is C27H32N4O. The smallest absolute Gasteiger partial charge is 0.117 e. The molecule has 1 unspecified atom stereocenters. The number of allylic oxidation sites excluding steroid dienone is 1. The quantitative estimate of drug-likeness (QED) is 0.708. The number of nitriles is 1. The van der Waals surface area contributed by atoms with Crippen molar-refractivity contribution in [3.63, 3.8) is 0 Å².